The molecule has 1 atom stereocenters. The molecule has 1 aromatic carbocycles. The summed E-state index contributed by atoms with van der Waals surface area (Å²) < 4.78 is 0. The number of carboxylic acids is 1. The highest BCUT2D eigenvalue weighted by molar-refractivity contribution is 6.35. The van der Waals surface area contributed by atoms with Crippen LogP contribution in [0.3, 0.4) is 0 Å². The molecule has 0 bridgehead atoms. The highest BCUT2D eigenvalue weighted by Crippen LogP contribution is 2.21. The van der Waals surface area contributed by atoms with Crippen molar-refractivity contribution in [1.82, 2.24) is 5.32 Å². The lowest BCUT2D eigenvalue weighted by atomic mass is 10.0. The number of amides is 1. The van der Waals surface area contributed by atoms with Gasteiger partial charge >= 0.3 is 5.97 Å². The lowest BCUT2D eigenvalue weighted by molar-refractivity contribution is -0.143. The van der Waals surface area contributed by atoms with Gasteiger partial charge in [-0.25, -0.2) is 4.79 Å². The molecule has 0 saturated carbocycles. The SMILES string of the molecule is CC(C)C(NC(=O)Cc1ccc(Cl)cc1Cl)C(=O)O. The van der Waals surface area contributed by atoms with Gasteiger partial charge in [-0.3, -0.25) is 4.79 Å². The van der Waals surface area contributed by atoms with Crippen molar-refractivity contribution in [3.05, 3.63) is 33.8 Å². The highest BCUT2D eigenvalue weighted by atomic mass is 35.5. The van der Waals surface area contributed by atoms with Crippen LogP contribution in [0.25, 0.3) is 0 Å². The van der Waals surface area contributed by atoms with Crippen LogP contribution >= 0.6 is 23.2 Å². The Labute approximate surface area is 121 Å². The zero-order valence-corrected chi connectivity index (χ0v) is 12.1. The van der Waals surface area contributed by atoms with Gasteiger partial charge in [0, 0.05) is 10.0 Å². The molecule has 2 N–H and O–H groups in total. The van der Waals surface area contributed by atoms with E-state index < -0.39 is 12.0 Å². The van der Waals surface area contributed by atoms with E-state index in [1.54, 1.807) is 32.0 Å². The number of carbonyl (C=O) groups excluding carboxylic acids is 1. The zero-order chi connectivity index (χ0) is 14.6. The molecule has 104 valence electrons. The van der Waals surface area contributed by atoms with Crippen LogP contribution in [0.5, 0.6) is 0 Å². The van der Waals surface area contributed by atoms with Gasteiger partial charge in [0.15, 0.2) is 0 Å². The molecule has 0 heterocycles. The van der Waals surface area contributed by atoms with Crippen molar-refractivity contribution in [2.45, 2.75) is 26.3 Å². The van der Waals surface area contributed by atoms with E-state index in [0.717, 1.165) is 0 Å². The lowest BCUT2D eigenvalue weighted by Gasteiger charge is -2.18. The van der Waals surface area contributed by atoms with Crippen molar-refractivity contribution in [1.29, 1.82) is 0 Å². The molecule has 0 saturated heterocycles. The van der Waals surface area contributed by atoms with Gasteiger partial charge in [0.1, 0.15) is 6.04 Å². The van der Waals surface area contributed by atoms with E-state index in [-0.39, 0.29) is 18.2 Å². The fourth-order valence-corrected chi connectivity index (χ4v) is 2.05. The summed E-state index contributed by atoms with van der Waals surface area (Å²) in [6, 6.07) is 3.92. The fraction of sp³-hybridized carbons (Fsp3) is 0.385. The summed E-state index contributed by atoms with van der Waals surface area (Å²) >= 11 is 11.7. The molecular formula is C13H15Cl2NO3. The number of carbonyl (C=O) groups is 2. The van der Waals surface area contributed by atoms with Crippen LogP contribution in [0.2, 0.25) is 10.0 Å². The third-order valence-electron chi connectivity index (χ3n) is 2.62. The Bertz CT molecular complexity index is 489. The van der Waals surface area contributed by atoms with E-state index in [2.05, 4.69) is 5.32 Å². The van der Waals surface area contributed by atoms with Crippen molar-refractivity contribution in [3.8, 4) is 0 Å². The van der Waals surface area contributed by atoms with Crippen LogP contribution in [0.4, 0.5) is 0 Å². The van der Waals surface area contributed by atoms with E-state index in [0.29, 0.717) is 15.6 Å². The Morgan fingerprint density at radius 2 is 1.95 bits per heavy atom. The maximum atomic E-state index is 11.8. The number of carboxylic acid groups (broad SMARTS) is 1. The molecule has 0 radical (unpaired) electrons. The minimum atomic E-state index is -1.05. The van der Waals surface area contributed by atoms with Gasteiger partial charge in [0.05, 0.1) is 6.42 Å². The van der Waals surface area contributed by atoms with E-state index in [9.17, 15) is 9.59 Å². The summed E-state index contributed by atoms with van der Waals surface area (Å²) in [5, 5.41) is 12.3. The first-order chi connectivity index (χ1) is 8.81. The normalized spacial score (nSPS) is 12.3. The molecule has 1 unspecified atom stereocenters. The van der Waals surface area contributed by atoms with Crippen LogP contribution in [-0.2, 0) is 16.0 Å². The van der Waals surface area contributed by atoms with Gasteiger partial charge in [-0.2, -0.15) is 0 Å². The van der Waals surface area contributed by atoms with Gasteiger partial charge in [-0.05, 0) is 23.6 Å². The first-order valence-electron chi connectivity index (χ1n) is 5.77. The molecule has 0 aliphatic carbocycles. The number of hydrogen-bond acceptors (Lipinski definition) is 2. The molecule has 0 aliphatic rings. The number of rotatable bonds is 5. The minimum Gasteiger partial charge on any atom is -0.480 e. The first-order valence-corrected chi connectivity index (χ1v) is 6.53. The van der Waals surface area contributed by atoms with Crippen molar-refractivity contribution in [2.75, 3.05) is 0 Å². The topological polar surface area (TPSA) is 66.4 Å². The van der Waals surface area contributed by atoms with Crippen molar-refractivity contribution < 1.29 is 14.7 Å². The number of aliphatic carboxylic acids is 1. The van der Waals surface area contributed by atoms with Crippen LogP contribution in [0.1, 0.15) is 19.4 Å². The molecule has 0 aliphatic heterocycles. The minimum absolute atomic E-state index is 0.0203. The van der Waals surface area contributed by atoms with Crippen LogP contribution < -0.4 is 5.32 Å². The van der Waals surface area contributed by atoms with E-state index in [4.69, 9.17) is 28.3 Å². The molecule has 19 heavy (non-hydrogen) atoms. The van der Waals surface area contributed by atoms with Crippen molar-refractivity contribution in [2.24, 2.45) is 5.92 Å². The number of halogens is 2. The summed E-state index contributed by atoms with van der Waals surface area (Å²) in [5.74, 6) is -1.63. The Hall–Kier alpha value is -1.26. The third kappa shape index (κ3) is 4.73. The van der Waals surface area contributed by atoms with Gasteiger partial charge < -0.3 is 10.4 Å². The Balaban J connectivity index is 2.72. The second-order valence-electron chi connectivity index (χ2n) is 4.54. The van der Waals surface area contributed by atoms with Gasteiger partial charge in [-0.1, -0.05) is 43.1 Å². The molecule has 1 amide bonds. The molecular weight excluding hydrogens is 289 g/mol. The predicted molar refractivity (Wildman–Crippen MR) is 74.6 cm³/mol. The van der Waals surface area contributed by atoms with E-state index in [1.807, 2.05) is 0 Å². The average Bonchev–Trinajstić information content (AvgIpc) is 2.29. The standard InChI is InChI=1S/C13H15Cl2NO3/c1-7(2)12(13(18)19)16-11(17)5-8-3-4-9(14)6-10(8)15/h3-4,6-7,12H,5H2,1-2H3,(H,16,17)(H,18,19). The largest absolute Gasteiger partial charge is 0.480 e. The summed E-state index contributed by atoms with van der Waals surface area (Å²) in [6.45, 7) is 3.46. The fourth-order valence-electron chi connectivity index (χ4n) is 1.58. The Morgan fingerprint density at radius 1 is 1.32 bits per heavy atom. The van der Waals surface area contributed by atoms with Gasteiger partial charge in [0.25, 0.3) is 0 Å². The maximum Gasteiger partial charge on any atom is 0.326 e. The number of benzene rings is 1. The Kier molecular flexibility index (Phi) is 5.63. The monoisotopic (exact) mass is 303 g/mol. The second kappa shape index (κ2) is 6.78. The molecule has 0 fully saturated rings. The molecule has 0 spiro atoms. The smallest absolute Gasteiger partial charge is 0.326 e. The predicted octanol–water partition coefficient (Wildman–Crippen LogP) is 2.76. The summed E-state index contributed by atoms with van der Waals surface area (Å²) in [4.78, 5) is 22.8. The average molecular weight is 304 g/mol. The molecule has 4 nitrogen and oxygen atoms in total. The molecule has 1 aromatic rings. The van der Waals surface area contributed by atoms with E-state index in [1.165, 1.54) is 0 Å². The highest BCUT2D eigenvalue weighted by Gasteiger charge is 2.23. The van der Waals surface area contributed by atoms with Crippen molar-refractivity contribution in [3.63, 3.8) is 0 Å². The lowest BCUT2D eigenvalue weighted by Crippen LogP contribution is -2.44. The summed E-state index contributed by atoms with van der Waals surface area (Å²) in [5.41, 5.74) is 0.608. The zero-order valence-electron chi connectivity index (χ0n) is 10.6. The van der Waals surface area contributed by atoms with Crippen molar-refractivity contribution >= 4 is 35.1 Å². The van der Waals surface area contributed by atoms with Gasteiger partial charge in [0.2, 0.25) is 5.91 Å². The summed E-state index contributed by atoms with van der Waals surface area (Å²) in [6.07, 6.45) is 0.0203. The Morgan fingerprint density at radius 3 is 2.42 bits per heavy atom. The quantitative estimate of drug-likeness (QED) is 0.879. The van der Waals surface area contributed by atoms with Gasteiger partial charge in [-0.15, -0.1) is 0 Å². The molecule has 6 heteroatoms. The third-order valence-corrected chi connectivity index (χ3v) is 3.20. The van der Waals surface area contributed by atoms with Crippen LogP contribution in [-0.4, -0.2) is 23.0 Å². The first kappa shape index (κ1) is 15.8. The number of nitrogens with one attached hydrogen (secondary N) is 1. The summed E-state index contributed by atoms with van der Waals surface area (Å²) in [7, 11) is 0. The number of hydrogen-bond donors (Lipinski definition) is 2. The molecule has 1 rings (SSSR count). The van der Waals surface area contributed by atoms with E-state index >= 15 is 0 Å². The van der Waals surface area contributed by atoms with Crippen LogP contribution in [0, 0.1) is 5.92 Å². The molecule has 0 aromatic heterocycles. The second-order valence-corrected chi connectivity index (χ2v) is 5.38. The van der Waals surface area contributed by atoms with Crippen LogP contribution in [0.15, 0.2) is 18.2 Å². The maximum absolute atomic E-state index is 11.8.